The molecule has 8 heteroatoms. The van der Waals surface area contributed by atoms with Crippen molar-refractivity contribution in [2.24, 2.45) is 16.3 Å². The van der Waals surface area contributed by atoms with Crippen LogP contribution in [-0.4, -0.2) is 27.8 Å². The van der Waals surface area contributed by atoms with Crippen LogP contribution in [0.4, 0.5) is 10.7 Å². The van der Waals surface area contributed by atoms with Crippen molar-refractivity contribution in [2.45, 2.75) is 53.9 Å². The number of hydrogen-bond donors (Lipinski definition) is 2. The van der Waals surface area contributed by atoms with E-state index < -0.39 is 5.97 Å². The Hall–Kier alpha value is -3.68. The maximum atomic E-state index is 13.7. The predicted molar refractivity (Wildman–Crippen MR) is 168 cm³/mol. The molecule has 0 radical (unpaired) electrons. The fourth-order valence-corrected chi connectivity index (χ4v) is 6.95. The van der Waals surface area contributed by atoms with Crippen LogP contribution in [-0.2, 0) is 12.8 Å². The highest BCUT2D eigenvalue weighted by molar-refractivity contribution is 7.16. The Bertz CT molecular complexity index is 1640. The first-order valence-corrected chi connectivity index (χ1v) is 14.9. The van der Waals surface area contributed by atoms with Crippen molar-refractivity contribution in [1.29, 1.82) is 0 Å². The monoisotopic (exact) mass is 587 g/mol. The number of benzene rings is 2. The number of nitrogens with zero attached hydrogens (tertiary/aromatic N) is 2. The number of amides is 1. The van der Waals surface area contributed by atoms with Crippen LogP contribution in [0.3, 0.4) is 0 Å². The Morgan fingerprint density at radius 1 is 1.10 bits per heavy atom. The van der Waals surface area contributed by atoms with Crippen molar-refractivity contribution < 1.29 is 14.7 Å². The van der Waals surface area contributed by atoms with Crippen molar-refractivity contribution in [1.82, 2.24) is 4.57 Å². The summed E-state index contributed by atoms with van der Waals surface area (Å²) in [7, 11) is 0. The Labute approximate surface area is 249 Å². The molecule has 4 aromatic rings. The average Bonchev–Trinajstić information content (AvgIpc) is 3.43. The molecule has 0 spiro atoms. The molecule has 1 amide bonds. The zero-order chi connectivity index (χ0) is 29.5. The molecule has 2 heterocycles. The fraction of sp³-hybridized carbons (Fsp3) is 0.303. The summed E-state index contributed by atoms with van der Waals surface area (Å²) in [5, 5.41) is 13.6. The molecule has 2 N–H and O–H groups in total. The normalized spacial score (nSPS) is 15.2. The Morgan fingerprint density at radius 2 is 1.78 bits per heavy atom. The Kier molecular flexibility index (Phi) is 7.95. The largest absolute Gasteiger partial charge is 0.478 e. The number of aryl methyl sites for hydroxylation is 1. The highest BCUT2D eigenvalue weighted by Crippen LogP contribution is 2.45. The summed E-state index contributed by atoms with van der Waals surface area (Å²) >= 11 is 7.66. The number of anilines is 1. The summed E-state index contributed by atoms with van der Waals surface area (Å²) in [5.74, 6) is -0.562. The van der Waals surface area contributed by atoms with Crippen LogP contribution in [0.15, 0.2) is 59.6 Å². The summed E-state index contributed by atoms with van der Waals surface area (Å²) in [4.78, 5) is 31.1. The average molecular weight is 588 g/mol. The lowest BCUT2D eigenvalue weighted by atomic mass is 9.72. The van der Waals surface area contributed by atoms with Crippen molar-refractivity contribution in [3.05, 3.63) is 98.1 Å². The zero-order valence-electron chi connectivity index (χ0n) is 23.9. The molecule has 212 valence electrons. The molecule has 0 aliphatic heterocycles. The molecule has 41 heavy (non-hydrogen) atoms. The molecular formula is C33H34ClN3O3S. The van der Waals surface area contributed by atoms with Gasteiger partial charge in [0, 0.05) is 44.4 Å². The highest BCUT2D eigenvalue weighted by atomic mass is 35.5. The summed E-state index contributed by atoms with van der Waals surface area (Å²) in [5.41, 5.74) is 6.70. The first-order valence-electron chi connectivity index (χ1n) is 13.7. The lowest BCUT2D eigenvalue weighted by Crippen LogP contribution is -2.27. The van der Waals surface area contributed by atoms with Crippen LogP contribution < -0.4 is 5.32 Å². The van der Waals surface area contributed by atoms with Gasteiger partial charge in [-0.1, -0.05) is 32.4 Å². The van der Waals surface area contributed by atoms with Crippen molar-refractivity contribution in [3.63, 3.8) is 0 Å². The van der Waals surface area contributed by atoms with E-state index in [1.165, 1.54) is 4.88 Å². The van der Waals surface area contributed by atoms with Gasteiger partial charge in [-0.3, -0.25) is 4.79 Å². The lowest BCUT2D eigenvalue weighted by molar-refractivity contribution is 0.0696. The van der Waals surface area contributed by atoms with E-state index in [-0.39, 0.29) is 16.9 Å². The van der Waals surface area contributed by atoms with Crippen LogP contribution in [0.2, 0.25) is 5.02 Å². The van der Waals surface area contributed by atoms with Crippen molar-refractivity contribution in [2.75, 3.05) is 5.32 Å². The van der Waals surface area contributed by atoms with E-state index in [1.54, 1.807) is 47.7 Å². The lowest BCUT2D eigenvalue weighted by Gasteiger charge is -2.33. The first kappa shape index (κ1) is 28.8. The van der Waals surface area contributed by atoms with Gasteiger partial charge in [0.25, 0.3) is 5.91 Å². The third-order valence-electron chi connectivity index (χ3n) is 7.96. The number of aromatic carboxylic acids is 1. The molecule has 0 unspecified atom stereocenters. The molecule has 6 nitrogen and oxygen atoms in total. The van der Waals surface area contributed by atoms with Gasteiger partial charge in [0.05, 0.1) is 11.1 Å². The number of hydrogen-bond acceptors (Lipinski definition) is 4. The number of aliphatic imine (C=N–C) groups is 1. The second-order valence-corrected chi connectivity index (χ2v) is 13.2. The predicted octanol–water partition coefficient (Wildman–Crippen LogP) is 8.66. The van der Waals surface area contributed by atoms with Gasteiger partial charge in [0.2, 0.25) is 0 Å². The number of carbonyl (C=O) groups excluding carboxylic acids is 1. The van der Waals surface area contributed by atoms with Gasteiger partial charge in [-0.25, -0.2) is 9.79 Å². The van der Waals surface area contributed by atoms with E-state index in [0.717, 1.165) is 47.5 Å². The number of rotatable bonds is 6. The molecule has 1 aliphatic carbocycles. The van der Waals surface area contributed by atoms with Crippen LogP contribution in [0.1, 0.15) is 75.3 Å². The van der Waals surface area contributed by atoms with Gasteiger partial charge in [0.15, 0.2) is 0 Å². The van der Waals surface area contributed by atoms with Gasteiger partial charge in [-0.2, -0.15) is 0 Å². The number of fused-ring (bicyclic) bond motifs is 1. The molecule has 0 saturated carbocycles. The standard InChI is InChI=1S/C33H34ClN3O3S/c1-19-16-22(20(2)37(19)26-13-6-21(7-14-26)32(39)40)18-35-31-29(30(38)36-25-11-9-24(34)10-12-25)27-15-8-23(33(3,4)5)17-28(27)41-31/h6-7,9-14,16,18,23H,8,15,17H2,1-5H3,(H,36,38)(H,39,40)/t23-/m0/s1. The number of carboxylic acid groups (broad SMARTS) is 1. The number of aromatic nitrogens is 1. The van der Waals surface area contributed by atoms with E-state index in [2.05, 4.69) is 36.7 Å². The summed E-state index contributed by atoms with van der Waals surface area (Å²) < 4.78 is 2.08. The molecule has 0 saturated heterocycles. The Balaban J connectivity index is 1.50. The van der Waals surface area contributed by atoms with Crippen LogP contribution in [0, 0.1) is 25.2 Å². The second-order valence-electron chi connectivity index (χ2n) is 11.7. The molecular weight excluding hydrogens is 554 g/mol. The van der Waals surface area contributed by atoms with Gasteiger partial charge in [-0.05, 0) is 105 Å². The number of thiophene rings is 1. The van der Waals surface area contributed by atoms with E-state index in [4.69, 9.17) is 16.6 Å². The van der Waals surface area contributed by atoms with Gasteiger partial charge < -0.3 is 15.0 Å². The summed E-state index contributed by atoms with van der Waals surface area (Å²) in [6.07, 6.45) is 4.68. The number of halogens is 1. The summed E-state index contributed by atoms with van der Waals surface area (Å²) in [6, 6.07) is 16.0. The van der Waals surface area contributed by atoms with Crippen LogP contribution in [0.5, 0.6) is 0 Å². The van der Waals surface area contributed by atoms with Crippen molar-refractivity contribution >= 4 is 51.7 Å². The van der Waals surface area contributed by atoms with Crippen LogP contribution in [0.25, 0.3) is 5.69 Å². The molecule has 2 aromatic heterocycles. The minimum absolute atomic E-state index is 0.157. The van der Waals surface area contributed by atoms with Crippen molar-refractivity contribution in [3.8, 4) is 5.69 Å². The number of carboxylic acids is 1. The van der Waals surface area contributed by atoms with E-state index in [9.17, 15) is 14.7 Å². The first-order chi connectivity index (χ1) is 19.4. The molecule has 1 atom stereocenters. The molecule has 0 fully saturated rings. The number of carbonyl (C=O) groups is 2. The van der Waals surface area contributed by atoms with Gasteiger partial charge in [0.1, 0.15) is 5.00 Å². The smallest absolute Gasteiger partial charge is 0.335 e. The SMILES string of the molecule is Cc1cc(C=Nc2sc3c(c2C(=O)Nc2ccc(Cl)cc2)CC[C@H](C(C)(C)C)C3)c(C)n1-c1ccc(C(=O)O)cc1. The quantitative estimate of drug-likeness (QED) is 0.221. The zero-order valence-corrected chi connectivity index (χ0v) is 25.5. The highest BCUT2D eigenvalue weighted by Gasteiger charge is 2.33. The molecule has 2 aromatic carbocycles. The molecule has 0 bridgehead atoms. The third kappa shape index (κ3) is 6.02. The van der Waals surface area contributed by atoms with Gasteiger partial charge >= 0.3 is 5.97 Å². The van der Waals surface area contributed by atoms with E-state index in [1.807, 2.05) is 32.2 Å². The van der Waals surface area contributed by atoms with E-state index in [0.29, 0.717) is 27.2 Å². The molecule has 5 rings (SSSR count). The van der Waals surface area contributed by atoms with E-state index >= 15 is 0 Å². The third-order valence-corrected chi connectivity index (χ3v) is 9.38. The minimum atomic E-state index is -0.950. The summed E-state index contributed by atoms with van der Waals surface area (Å²) in [6.45, 7) is 10.9. The fourth-order valence-electron chi connectivity index (χ4n) is 5.56. The topological polar surface area (TPSA) is 83.7 Å². The molecule has 1 aliphatic rings. The Morgan fingerprint density at radius 3 is 2.41 bits per heavy atom. The number of nitrogens with one attached hydrogen (secondary N) is 1. The van der Waals surface area contributed by atoms with Crippen LogP contribution >= 0.6 is 22.9 Å². The second kappa shape index (κ2) is 11.3. The minimum Gasteiger partial charge on any atom is -0.478 e. The maximum Gasteiger partial charge on any atom is 0.335 e. The maximum absolute atomic E-state index is 13.7. The van der Waals surface area contributed by atoms with Gasteiger partial charge in [-0.15, -0.1) is 11.3 Å².